The Morgan fingerprint density at radius 1 is 0.964 bits per heavy atom. The number of methoxy groups -OCH3 is 1. The van der Waals surface area contributed by atoms with Gasteiger partial charge in [-0.1, -0.05) is 54.6 Å². The Morgan fingerprint density at radius 2 is 1.68 bits per heavy atom. The number of carbonyl (C=O) groups is 2. The minimum atomic E-state index is -0.493. The molecule has 0 bridgehead atoms. The lowest BCUT2D eigenvalue weighted by Crippen LogP contribution is -2.33. The Kier molecular flexibility index (Phi) is 6.14. The highest BCUT2D eigenvalue weighted by atomic mass is 32.1. The highest BCUT2D eigenvalue weighted by Gasteiger charge is 2.12. The van der Waals surface area contributed by atoms with E-state index in [2.05, 4.69) is 10.6 Å². The maximum absolute atomic E-state index is 12.2. The average Bonchev–Trinajstić information content (AvgIpc) is 2.72. The summed E-state index contributed by atoms with van der Waals surface area (Å²) in [5.41, 5.74) is 1.72. The van der Waals surface area contributed by atoms with Crippen molar-refractivity contribution in [3.05, 3.63) is 83.9 Å². The van der Waals surface area contributed by atoms with Gasteiger partial charge < -0.3 is 10.1 Å². The molecule has 3 aromatic carbocycles. The van der Waals surface area contributed by atoms with Gasteiger partial charge in [-0.3, -0.25) is 10.1 Å². The number of ether oxygens (including phenoxy) is 1. The number of fused-ring (bicyclic) bond motifs is 1. The molecule has 3 aromatic rings. The van der Waals surface area contributed by atoms with Gasteiger partial charge in [0.15, 0.2) is 5.11 Å². The lowest BCUT2D eigenvalue weighted by atomic mass is 10.0. The van der Waals surface area contributed by atoms with E-state index in [1.165, 1.54) is 13.2 Å². The van der Waals surface area contributed by atoms with Crippen LogP contribution in [0.4, 0.5) is 5.69 Å². The normalized spacial score (nSPS) is 10.6. The molecule has 140 valence electrons. The second-order valence-electron chi connectivity index (χ2n) is 5.88. The molecule has 0 saturated carbocycles. The standard InChI is InChI=1S/C22H18N2O3S/c1-27-21(26)18-11-4-5-12-19(18)23-22(28)24-20(25)14-13-16-9-6-8-15-7-2-3-10-17(15)16/h2-14H,1H3,(H2,23,24,25,28)/b14-13-. The van der Waals surface area contributed by atoms with Crippen LogP contribution >= 0.6 is 12.2 Å². The van der Waals surface area contributed by atoms with Crippen molar-refractivity contribution in [1.29, 1.82) is 0 Å². The van der Waals surface area contributed by atoms with Crippen molar-refractivity contribution in [3.8, 4) is 0 Å². The van der Waals surface area contributed by atoms with Gasteiger partial charge in [0.25, 0.3) is 0 Å². The summed E-state index contributed by atoms with van der Waals surface area (Å²) in [6, 6.07) is 20.6. The van der Waals surface area contributed by atoms with Crippen molar-refractivity contribution in [2.45, 2.75) is 0 Å². The van der Waals surface area contributed by atoms with Crippen LogP contribution in [0.5, 0.6) is 0 Å². The minimum absolute atomic E-state index is 0.0870. The average molecular weight is 390 g/mol. The summed E-state index contributed by atoms with van der Waals surface area (Å²) in [5, 5.41) is 7.67. The van der Waals surface area contributed by atoms with Gasteiger partial charge in [0, 0.05) is 6.08 Å². The number of hydrogen-bond acceptors (Lipinski definition) is 4. The zero-order chi connectivity index (χ0) is 19.9. The summed E-state index contributed by atoms with van der Waals surface area (Å²) in [6.45, 7) is 0. The fourth-order valence-electron chi connectivity index (χ4n) is 2.75. The smallest absolute Gasteiger partial charge is 0.339 e. The predicted octanol–water partition coefficient (Wildman–Crippen LogP) is 4.15. The van der Waals surface area contributed by atoms with Crippen LogP contribution < -0.4 is 10.6 Å². The Balaban J connectivity index is 1.67. The fraction of sp³-hybridized carbons (Fsp3) is 0.0455. The quantitative estimate of drug-likeness (QED) is 0.398. The summed E-state index contributed by atoms with van der Waals surface area (Å²) in [7, 11) is 1.30. The lowest BCUT2D eigenvalue weighted by Gasteiger charge is -2.11. The van der Waals surface area contributed by atoms with Gasteiger partial charge in [-0.25, -0.2) is 4.79 Å². The topological polar surface area (TPSA) is 67.4 Å². The highest BCUT2D eigenvalue weighted by molar-refractivity contribution is 7.80. The van der Waals surface area contributed by atoms with E-state index in [1.807, 2.05) is 42.5 Å². The molecule has 0 aliphatic heterocycles. The van der Waals surface area contributed by atoms with Crippen LogP contribution in [0.25, 0.3) is 16.8 Å². The number of amides is 1. The maximum atomic E-state index is 12.2. The third-order valence-electron chi connectivity index (χ3n) is 4.05. The first kappa shape index (κ1) is 19.3. The Bertz CT molecular complexity index is 1070. The van der Waals surface area contributed by atoms with E-state index in [4.69, 9.17) is 17.0 Å². The summed E-state index contributed by atoms with van der Waals surface area (Å²) in [6.07, 6.45) is 3.16. The summed E-state index contributed by atoms with van der Waals surface area (Å²) in [5.74, 6) is -0.867. The molecule has 2 N–H and O–H groups in total. The monoisotopic (exact) mass is 390 g/mol. The third kappa shape index (κ3) is 4.61. The van der Waals surface area contributed by atoms with Crippen LogP contribution in [0.3, 0.4) is 0 Å². The predicted molar refractivity (Wildman–Crippen MR) is 115 cm³/mol. The van der Waals surface area contributed by atoms with Gasteiger partial charge in [-0.05, 0) is 46.8 Å². The molecule has 0 saturated heterocycles. The molecule has 3 rings (SSSR count). The molecule has 0 spiro atoms. The molecule has 0 aliphatic rings. The fourth-order valence-corrected chi connectivity index (χ4v) is 2.96. The van der Waals surface area contributed by atoms with E-state index >= 15 is 0 Å². The van der Waals surface area contributed by atoms with E-state index < -0.39 is 5.97 Å². The molecule has 0 heterocycles. The molecule has 0 radical (unpaired) electrons. The van der Waals surface area contributed by atoms with E-state index in [-0.39, 0.29) is 11.0 Å². The number of esters is 1. The third-order valence-corrected chi connectivity index (χ3v) is 4.26. The molecule has 1 amide bonds. The van der Waals surface area contributed by atoms with Crippen molar-refractivity contribution < 1.29 is 14.3 Å². The van der Waals surface area contributed by atoms with Crippen molar-refractivity contribution in [3.63, 3.8) is 0 Å². The van der Waals surface area contributed by atoms with Gasteiger partial charge >= 0.3 is 5.97 Å². The molecule has 28 heavy (non-hydrogen) atoms. The summed E-state index contributed by atoms with van der Waals surface area (Å²) < 4.78 is 4.74. The number of thiocarbonyl (C=S) groups is 1. The van der Waals surface area contributed by atoms with Gasteiger partial charge in [0.05, 0.1) is 18.4 Å². The maximum Gasteiger partial charge on any atom is 0.339 e. The molecule has 0 unspecified atom stereocenters. The number of carbonyl (C=O) groups excluding carboxylic acids is 2. The summed E-state index contributed by atoms with van der Waals surface area (Å²) in [4.78, 5) is 24.0. The second-order valence-corrected chi connectivity index (χ2v) is 6.29. The van der Waals surface area contributed by atoms with Crippen LogP contribution in [0.2, 0.25) is 0 Å². The van der Waals surface area contributed by atoms with Crippen LogP contribution in [-0.4, -0.2) is 24.1 Å². The molecule has 0 aromatic heterocycles. The number of benzene rings is 3. The van der Waals surface area contributed by atoms with Crippen molar-refractivity contribution >= 4 is 51.7 Å². The van der Waals surface area contributed by atoms with E-state index in [0.29, 0.717) is 11.3 Å². The van der Waals surface area contributed by atoms with Gasteiger partial charge in [-0.15, -0.1) is 0 Å². The molecule has 0 fully saturated rings. The second kappa shape index (κ2) is 8.92. The Labute approximate surface area is 168 Å². The molecule has 6 heteroatoms. The lowest BCUT2D eigenvalue weighted by molar-refractivity contribution is -0.115. The largest absolute Gasteiger partial charge is 0.465 e. The van der Waals surface area contributed by atoms with Crippen LogP contribution in [-0.2, 0) is 9.53 Å². The number of anilines is 1. The number of hydrogen-bond donors (Lipinski definition) is 2. The molecule has 5 nitrogen and oxygen atoms in total. The number of para-hydroxylation sites is 1. The van der Waals surface area contributed by atoms with E-state index in [9.17, 15) is 9.59 Å². The molecule has 0 atom stereocenters. The van der Waals surface area contributed by atoms with Crippen molar-refractivity contribution in [1.82, 2.24) is 5.32 Å². The zero-order valence-corrected chi connectivity index (χ0v) is 16.0. The van der Waals surface area contributed by atoms with Crippen molar-refractivity contribution in [2.75, 3.05) is 12.4 Å². The Hall–Kier alpha value is -3.51. The van der Waals surface area contributed by atoms with Crippen LogP contribution in [0.15, 0.2) is 72.8 Å². The highest BCUT2D eigenvalue weighted by Crippen LogP contribution is 2.19. The van der Waals surface area contributed by atoms with Crippen LogP contribution in [0, 0.1) is 0 Å². The first-order chi connectivity index (χ1) is 13.6. The number of nitrogens with one attached hydrogen (secondary N) is 2. The zero-order valence-electron chi connectivity index (χ0n) is 15.1. The first-order valence-corrected chi connectivity index (χ1v) is 8.94. The van der Waals surface area contributed by atoms with Gasteiger partial charge in [0.2, 0.25) is 5.91 Å². The van der Waals surface area contributed by atoms with Gasteiger partial charge in [0.1, 0.15) is 0 Å². The molecular formula is C22H18N2O3S. The minimum Gasteiger partial charge on any atom is -0.465 e. The Morgan fingerprint density at radius 3 is 2.50 bits per heavy atom. The van der Waals surface area contributed by atoms with Crippen LogP contribution in [0.1, 0.15) is 15.9 Å². The SMILES string of the molecule is COC(=O)c1ccccc1NC(=S)NC(=O)/C=C\c1cccc2ccccc12. The van der Waals surface area contributed by atoms with Crippen molar-refractivity contribution in [2.24, 2.45) is 0 Å². The first-order valence-electron chi connectivity index (χ1n) is 8.53. The summed E-state index contributed by atoms with van der Waals surface area (Å²) >= 11 is 5.17. The van der Waals surface area contributed by atoms with Gasteiger partial charge in [-0.2, -0.15) is 0 Å². The molecular weight excluding hydrogens is 372 g/mol. The number of rotatable bonds is 4. The molecule has 0 aliphatic carbocycles. The van der Waals surface area contributed by atoms with E-state index in [0.717, 1.165) is 16.3 Å². The van der Waals surface area contributed by atoms with E-state index in [1.54, 1.807) is 30.3 Å².